The van der Waals surface area contributed by atoms with E-state index in [1.54, 1.807) is 18.0 Å². The van der Waals surface area contributed by atoms with E-state index < -0.39 is 6.04 Å². The van der Waals surface area contributed by atoms with Crippen LogP contribution in [0.5, 0.6) is 0 Å². The Morgan fingerprint density at radius 2 is 2.07 bits per heavy atom. The second kappa shape index (κ2) is 7.07. The maximum Gasteiger partial charge on any atom is 0.254 e. The molecule has 28 heavy (non-hydrogen) atoms. The van der Waals surface area contributed by atoms with E-state index in [1.165, 1.54) is 6.33 Å². The van der Waals surface area contributed by atoms with Gasteiger partial charge in [0.25, 0.3) is 5.56 Å². The molecule has 1 aliphatic heterocycles. The molecule has 1 aliphatic rings. The van der Waals surface area contributed by atoms with Gasteiger partial charge in [-0.1, -0.05) is 25.1 Å². The van der Waals surface area contributed by atoms with Crippen molar-refractivity contribution in [1.29, 1.82) is 0 Å². The van der Waals surface area contributed by atoms with Crippen molar-refractivity contribution >= 4 is 22.6 Å². The molecule has 0 radical (unpaired) electrons. The van der Waals surface area contributed by atoms with Crippen molar-refractivity contribution in [2.75, 3.05) is 6.54 Å². The van der Waals surface area contributed by atoms with Crippen LogP contribution in [0.2, 0.25) is 0 Å². The van der Waals surface area contributed by atoms with E-state index in [2.05, 4.69) is 9.97 Å². The highest BCUT2D eigenvalue weighted by Crippen LogP contribution is 2.28. The summed E-state index contributed by atoms with van der Waals surface area (Å²) in [6.07, 6.45) is 4.26. The lowest BCUT2D eigenvalue weighted by Crippen LogP contribution is -2.42. The molecule has 0 saturated carbocycles. The molecule has 3 aromatic rings. The number of aromatic nitrogens is 3. The van der Waals surface area contributed by atoms with Crippen LogP contribution in [0.25, 0.3) is 10.9 Å². The number of hydrogen-bond acceptors (Lipinski definition) is 4. The van der Waals surface area contributed by atoms with Crippen molar-refractivity contribution in [2.45, 2.75) is 39.3 Å². The van der Waals surface area contributed by atoms with Gasteiger partial charge < -0.3 is 14.5 Å². The van der Waals surface area contributed by atoms with Gasteiger partial charge in [0.2, 0.25) is 5.91 Å². The van der Waals surface area contributed by atoms with Crippen molar-refractivity contribution in [2.24, 2.45) is 0 Å². The van der Waals surface area contributed by atoms with Gasteiger partial charge in [0, 0.05) is 34.8 Å². The monoisotopic (exact) mass is 378 g/mol. The number of H-pyrrole nitrogens is 1. The average Bonchev–Trinajstić information content (AvgIpc) is 3.08. The van der Waals surface area contributed by atoms with Crippen LogP contribution in [0.4, 0.5) is 0 Å². The van der Waals surface area contributed by atoms with Gasteiger partial charge in [-0.15, -0.1) is 0 Å². The Kier molecular flexibility index (Phi) is 4.58. The van der Waals surface area contributed by atoms with Crippen LogP contribution in [0.1, 0.15) is 47.9 Å². The predicted molar refractivity (Wildman–Crippen MR) is 105 cm³/mol. The number of benzene rings is 1. The lowest BCUT2D eigenvalue weighted by molar-refractivity contribution is -0.135. The SMILES string of the molecule is CC[C@@H](C(=O)N1CCc2c(nc[nH]c2=O)C1)n1cc(C(C)=O)c2ccccc21. The van der Waals surface area contributed by atoms with Gasteiger partial charge in [0.05, 0.1) is 18.6 Å². The maximum absolute atomic E-state index is 13.4. The third kappa shape index (κ3) is 2.93. The fourth-order valence-electron chi connectivity index (χ4n) is 4.00. The molecular formula is C21H22N4O3. The van der Waals surface area contributed by atoms with Crippen LogP contribution in [0, 0.1) is 0 Å². The van der Waals surface area contributed by atoms with Gasteiger partial charge in [0.15, 0.2) is 5.78 Å². The van der Waals surface area contributed by atoms with Crippen LogP contribution >= 0.6 is 0 Å². The molecule has 1 atom stereocenters. The van der Waals surface area contributed by atoms with Crippen LogP contribution < -0.4 is 5.56 Å². The fourth-order valence-corrected chi connectivity index (χ4v) is 4.00. The van der Waals surface area contributed by atoms with Crippen LogP contribution in [0.15, 0.2) is 41.6 Å². The van der Waals surface area contributed by atoms with E-state index in [1.807, 2.05) is 35.8 Å². The zero-order valence-corrected chi connectivity index (χ0v) is 15.9. The average molecular weight is 378 g/mol. The molecule has 0 spiro atoms. The molecule has 0 bridgehead atoms. The van der Waals surface area contributed by atoms with Gasteiger partial charge in [-0.05, 0) is 25.8 Å². The van der Waals surface area contributed by atoms with Crippen LogP contribution in [-0.4, -0.2) is 37.7 Å². The molecule has 144 valence electrons. The molecule has 1 N–H and O–H groups in total. The number of nitrogens with zero attached hydrogens (tertiary/aromatic N) is 3. The lowest BCUT2D eigenvalue weighted by Gasteiger charge is -2.31. The largest absolute Gasteiger partial charge is 0.335 e. The predicted octanol–water partition coefficient (Wildman–Crippen LogP) is 2.46. The number of Topliss-reactive ketones (excluding diaryl/α,β-unsaturated/α-hetero) is 1. The van der Waals surface area contributed by atoms with Gasteiger partial charge in [-0.2, -0.15) is 0 Å². The summed E-state index contributed by atoms with van der Waals surface area (Å²) in [5.74, 6) is -0.0429. The van der Waals surface area contributed by atoms with E-state index in [-0.39, 0.29) is 17.2 Å². The van der Waals surface area contributed by atoms with Crippen molar-refractivity contribution in [1.82, 2.24) is 19.4 Å². The second-order valence-corrected chi connectivity index (χ2v) is 7.11. The first-order chi connectivity index (χ1) is 13.5. The molecule has 4 rings (SSSR count). The summed E-state index contributed by atoms with van der Waals surface area (Å²) in [6, 6.07) is 7.23. The summed E-state index contributed by atoms with van der Waals surface area (Å²) in [5.41, 5.74) is 2.68. The minimum atomic E-state index is -0.415. The van der Waals surface area contributed by atoms with Crippen molar-refractivity contribution in [3.8, 4) is 0 Å². The summed E-state index contributed by atoms with van der Waals surface area (Å²) < 4.78 is 1.91. The fraction of sp³-hybridized carbons (Fsp3) is 0.333. The Hall–Kier alpha value is -3.22. The molecule has 3 heterocycles. The summed E-state index contributed by atoms with van der Waals surface area (Å²) >= 11 is 0. The smallest absolute Gasteiger partial charge is 0.254 e. The molecule has 0 saturated heterocycles. The van der Waals surface area contributed by atoms with Crippen molar-refractivity contribution < 1.29 is 9.59 Å². The quantitative estimate of drug-likeness (QED) is 0.707. The van der Waals surface area contributed by atoms with E-state index in [9.17, 15) is 14.4 Å². The zero-order chi connectivity index (χ0) is 19.8. The van der Waals surface area contributed by atoms with E-state index >= 15 is 0 Å². The molecule has 1 amide bonds. The maximum atomic E-state index is 13.4. The van der Waals surface area contributed by atoms with Gasteiger partial charge >= 0.3 is 0 Å². The van der Waals surface area contributed by atoms with Gasteiger partial charge in [-0.25, -0.2) is 4.98 Å². The first kappa shape index (κ1) is 18.2. The molecule has 0 aliphatic carbocycles. The van der Waals surface area contributed by atoms with Gasteiger partial charge in [0.1, 0.15) is 6.04 Å². The Morgan fingerprint density at radius 3 is 2.82 bits per heavy atom. The zero-order valence-electron chi connectivity index (χ0n) is 15.9. The summed E-state index contributed by atoms with van der Waals surface area (Å²) in [4.78, 5) is 46.0. The Balaban J connectivity index is 1.70. The standard InChI is InChI=1S/C21H22N4O3/c1-3-18(25-10-16(13(2)26)14-6-4-5-7-19(14)25)21(28)24-9-8-15-17(11-24)22-12-23-20(15)27/h4-7,10,12,18H,3,8-9,11H2,1-2H3,(H,22,23,27)/t18-/m0/s1. The molecule has 7 heteroatoms. The van der Waals surface area contributed by atoms with E-state index in [4.69, 9.17) is 0 Å². The first-order valence-electron chi connectivity index (χ1n) is 9.46. The number of fused-ring (bicyclic) bond motifs is 2. The second-order valence-electron chi connectivity index (χ2n) is 7.11. The summed E-state index contributed by atoms with van der Waals surface area (Å²) in [7, 11) is 0. The van der Waals surface area contributed by atoms with Crippen molar-refractivity contribution in [3.63, 3.8) is 0 Å². The van der Waals surface area contributed by atoms with Crippen LogP contribution in [-0.2, 0) is 17.8 Å². The third-order valence-corrected chi connectivity index (χ3v) is 5.45. The Bertz CT molecular complexity index is 1130. The van der Waals surface area contributed by atoms with E-state index in [0.29, 0.717) is 42.8 Å². The molecule has 2 aromatic heterocycles. The molecular weight excluding hydrogens is 356 g/mol. The molecule has 0 unspecified atom stereocenters. The highest BCUT2D eigenvalue weighted by atomic mass is 16.2. The number of hydrogen-bond donors (Lipinski definition) is 1. The third-order valence-electron chi connectivity index (χ3n) is 5.45. The topological polar surface area (TPSA) is 88.1 Å². The first-order valence-corrected chi connectivity index (χ1v) is 9.46. The number of para-hydroxylation sites is 1. The number of rotatable bonds is 4. The summed E-state index contributed by atoms with van der Waals surface area (Å²) in [6.45, 7) is 4.31. The number of aromatic amines is 1. The Morgan fingerprint density at radius 1 is 1.29 bits per heavy atom. The number of nitrogens with one attached hydrogen (secondary N) is 1. The number of amides is 1. The number of carbonyl (C=O) groups is 2. The minimum Gasteiger partial charge on any atom is -0.335 e. The molecule has 7 nitrogen and oxygen atoms in total. The van der Waals surface area contributed by atoms with Gasteiger partial charge in [-0.3, -0.25) is 14.4 Å². The van der Waals surface area contributed by atoms with Crippen LogP contribution in [0.3, 0.4) is 0 Å². The highest BCUT2D eigenvalue weighted by Gasteiger charge is 2.30. The van der Waals surface area contributed by atoms with Crippen molar-refractivity contribution in [3.05, 3.63) is 64.0 Å². The molecule has 1 aromatic carbocycles. The summed E-state index contributed by atoms with van der Waals surface area (Å²) in [5, 5.41) is 0.860. The number of ketones is 1. The highest BCUT2D eigenvalue weighted by molar-refractivity contribution is 6.07. The Labute approximate surface area is 162 Å². The van der Waals surface area contributed by atoms with E-state index in [0.717, 1.165) is 10.9 Å². The normalized spacial score (nSPS) is 14.7. The minimum absolute atomic E-state index is 0.0208. The lowest BCUT2D eigenvalue weighted by atomic mass is 10.0. The number of carbonyl (C=O) groups excluding carboxylic acids is 2. The molecule has 0 fully saturated rings.